The minimum atomic E-state index is -0.520. The Morgan fingerprint density at radius 3 is 2.78 bits per heavy atom. The number of rotatable bonds is 3. The maximum Gasteiger partial charge on any atom is 0.409 e. The molecule has 1 saturated heterocycles. The monoisotopic (exact) mass is 372 g/mol. The average molecular weight is 372 g/mol. The summed E-state index contributed by atoms with van der Waals surface area (Å²) < 4.78 is 20.5. The highest BCUT2D eigenvalue weighted by molar-refractivity contribution is 5.93. The van der Waals surface area contributed by atoms with Crippen molar-refractivity contribution in [2.75, 3.05) is 37.7 Å². The van der Waals surface area contributed by atoms with E-state index < -0.39 is 5.95 Å². The summed E-state index contributed by atoms with van der Waals surface area (Å²) in [7, 11) is 1.68. The molecule has 0 aromatic carbocycles. The number of carbonyl (C=O) groups excluding carboxylic acids is 1. The van der Waals surface area contributed by atoms with Gasteiger partial charge in [-0.05, 0) is 19.1 Å². The van der Waals surface area contributed by atoms with Crippen LogP contribution in [0.5, 0.6) is 0 Å². The molecule has 142 valence electrons. The number of amides is 1. The third-order valence-corrected chi connectivity index (χ3v) is 4.73. The predicted molar refractivity (Wildman–Crippen MR) is 99.1 cm³/mol. The first-order valence-corrected chi connectivity index (χ1v) is 8.90. The number of aryl methyl sites for hydroxylation is 1. The van der Waals surface area contributed by atoms with Gasteiger partial charge in [-0.25, -0.2) is 9.78 Å². The topological polar surface area (TPSA) is 79.3 Å². The van der Waals surface area contributed by atoms with Gasteiger partial charge in [0.25, 0.3) is 0 Å². The number of nitrogens with zero attached hydrogens (tertiary/aromatic N) is 5. The second-order valence-electron chi connectivity index (χ2n) is 6.46. The Labute approximate surface area is 155 Å². The van der Waals surface area contributed by atoms with Crippen LogP contribution in [0.2, 0.25) is 0 Å². The number of halogens is 1. The summed E-state index contributed by atoms with van der Waals surface area (Å²) in [5.74, 6) is -0.520. The van der Waals surface area contributed by atoms with Gasteiger partial charge in [0.05, 0.1) is 17.9 Å². The fraction of sp³-hybridized carbons (Fsp3) is 0.389. The lowest BCUT2D eigenvalue weighted by Gasteiger charge is -2.35. The Morgan fingerprint density at radius 1 is 1.33 bits per heavy atom. The summed E-state index contributed by atoms with van der Waals surface area (Å²) in [4.78, 5) is 23.3. The van der Waals surface area contributed by atoms with Gasteiger partial charge in [-0.15, -0.1) is 5.10 Å². The highest BCUT2D eigenvalue weighted by Gasteiger charge is 2.24. The molecule has 0 unspecified atom stereocenters. The van der Waals surface area contributed by atoms with E-state index in [0.717, 1.165) is 11.1 Å². The van der Waals surface area contributed by atoms with Crippen molar-refractivity contribution in [2.24, 2.45) is 7.05 Å². The summed E-state index contributed by atoms with van der Waals surface area (Å²) in [5.41, 5.74) is 2.75. The van der Waals surface area contributed by atoms with Crippen molar-refractivity contribution in [1.82, 2.24) is 24.6 Å². The zero-order valence-corrected chi connectivity index (χ0v) is 15.3. The summed E-state index contributed by atoms with van der Waals surface area (Å²) >= 11 is 0. The van der Waals surface area contributed by atoms with Crippen LogP contribution in [-0.2, 0) is 11.8 Å². The maximum absolute atomic E-state index is 14.0. The van der Waals surface area contributed by atoms with Crippen LogP contribution in [-0.4, -0.2) is 63.5 Å². The molecular weight excluding hydrogens is 351 g/mol. The molecule has 0 bridgehead atoms. The Bertz CT molecular complexity index is 974. The van der Waals surface area contributed by atoms with E-state index in [-0.39, 0.29) is 6.09 Å². The van der Waals surface area contributed by atoms with Gasteiger partial charge < -0.3 is 19.5 Å². The standard InChI is InChI=1S/C18H21FN6O2/c1-3-27-18(26)25-8-6-24(7-9-25)15-4-5-20-17-12(15)10-14(21-17)13-11-23(2)22-16(13)19/h4-5,10-11H,3,6-9H2,1-2H3,(H,20,21). The highest BCUT2D eigenvalue weighted by atomic mass is 19.1. The van der Waals surface area contributed by atoms with Crippen molar-refractivity contribution in [1.29, 1.82) is 0 Å². The smallest absolute Gasteiger partial charge is 0.409 e. The van der Waals surface area contributed by atoms with Gasteiger partial charge in [0.15, 0.2) is 0 Å². The second-order valence-corrected chi connectivity index (χ2v) is 6.46. The van der Waals surface area contributed by atoms with Crippen molar-refractivity contribution in [2.45, 2.75) is 6.92 Å². The van der Waals surface area contributed by atoms with Crippen molar-refractivity contribution in [3.05, 3.63) is 30.5 Å². The highest BCUT2D eigenvalue weighted by Crippen LogP contribution is 2.31. The third kappa shape index (κ3) is 3.20. The molecule has 0 aliphatic carbocycles. The van der Waals surface area contributed by atoms with Crippen LogP contribution in [0.3, 0.4) is 0 Å². The number of aromatic nitrogens is 4. The number of hydrogen-bond acceptors (Lipinski definition) is 5. The van der Waals surface area contributed by atoms with Gasteiger partial charge in [0, 0.05) is 56.7 Å². The quantitative estimate of drug-likeness (QED) is 0.764. The van der Waals surface area contributed by atoms with E-state index in [2.05, 4.69) is 20.0 Å². The minimum absolute atomic E-state index is 0.270. The van der Waals surface area contributed by atoms with Crippen LogP contribution in [0.4, 0.5) is 14.9 Å². The number of pyridine rings is 1. The number of carbonyl (C=O) groups is 1. The molecule has 1 aliphatic heterocycles. The summed E-state index contributed by atoms with van der Waals surface area (Å²) in [6.07, 6.45) is 3.10. The molecule has 3 aromatic heterocycles. The number of ether oxygens (including phenoxy) is 1. The number of H-pyrrole nitrogens is 1. The largest absolute Gasteiger partial charge is 0.450 e. The van der Waals surface area contributed by atoms with E-state index in [4.69, 9.17) is 4.74 Å². The lowest BCUT2D eigenvalue weighted by atomic mass is 10.2. The van der Waals surface area contributed by atoms with Crippen LogP contribution >= 0.6 is 0 Å². The third-order valence-electron chi connectivity index (χ3n) is 4.73. The molecule has 1 fully saturated rings. The van der Waals surface area contributed by atoms with Crippen LogP contribution in [0.1, 0.15) is 6.92 Å². The summed E-state index contributed by atoms with van der Waals surface area (Å²) in [6, 6.07) is 3.84. The molecule has 0 atom stereocenters. The Hall–Kier alpha value is -3.10. The van der Waals surface area contributed by atoms with E-state index in [0.29, 0.717) is 49.7 Å². The van der Waals surface area contributed by atoms with Crippen LogP contribution in [0.15, 0.2) is 24.5 Å². The molecule has 1 amide bonds. The van der Waals surface area contributed by atoms with Gasteiger partial charge in [-0.3, -0.25) is 4.68 Å². The van der Waals surface area contributed by atoms with E-state index in [1.54, 1.807) is 31.3 Å². The van der Waals surface area contributed by atoms with E-state index >= 15 is 0 Å². The molecule has 1 aliphatic rings. The molecule has 0 saturated carbocycles. The number of nitrogens with one attached hydrogen (secondary N) is 1. The Balaban J connectivity index is 1.60. The molecule has 0 radical (unpaired) electrons. The fourth-order valence-electron chi connectivity index (χ4n) is 3.42. The van der Waals surface area contributed by atoms with Crippen LogP contribution in [0, 0.1) is 5.95 Å². The SMILES string of the molecule is CCOC(=O)N1CCN(c2ccnc3[nH]c(-c4cn(C)nc4F)cc23)CC1. The summed E-state index contributed by atoms with van der Waals surface area (Å²) in [5, 5.41) is 4.68. The van der Waals surface area contributed by atoms with Crippen LogP contribution < -0.4 is 4.90 Å². The Kier molecular flexibility index (Phi) is 4.43. The lowest BCUT2D eigenvalue weighted by molar-refractivity contribution is 0.105. The number of anilines is 1. The zero-order valence-electron chi connectivity index (χ0n) is 15.3. The molecule has 1 N–H and O–H groups in total. The van der Waals surface area contributed by atoms with Gasteiger partial charge in [0.1, 0.15) is 5.65 Å². The van der Waals surface area contributed by atoms with E-state index in [9.17, 15) is 9.18 Å². The van der Waals surface area contributed by atoms with Gasteiger partial charge in [-0.1, -0.05) is 0 Å². The first kappa shape index (κ1) is 17.3. The second kappa shape index (κ2) is 6.90. The Morgan fingerprint density at radius 2 is 2.11 bits per heavy atom. The molecule has 8 nitrogen and oxygen atoms in total. The maximum atomic E-state index is 14.0. The van der Waals surface area contributed by atoms with Crippen molar-refractivity contribution in [3.8, 4) is 11.3 Å². The molecule has 9 heteroatoms. The van der Waals surface area contributed by atoms with Gasteiger partial charge in [-0.2, -0.15) is 4.39 Å². The van der Waals surface area contributed by atoms with Crippen molar-refractivity contribution < 1.29 is 13.9 Å². The first-order valence-electron chi connectivity index (χ1n) is 8.90. The summed E-state index contributed by atoms with van der Waals surface area (Å²) in [6.45, 7) is 4.76. The minimum Gasteiger partial charge on any atom is -0.450 e. The molecule has 4 heterocycles. The molecule has 0 spiro atoms. The van der Waals surface area contributed by atoms with Crippen molar-refractivity contribution in [3.63, 3.8) is 0 Å². The normalized spacial score (nSPS) is 14.8. The molecular formula is C18H21FN6O2. The predicted octanol–water partition coefficient (Wildman–Crippen LogP) is 2.38. The number of fused-ring (bicyclic) bond motifs is 1. The average Bonchev–Trinajstić information content (AvgIpc) is 3.24. The van der Waals surface area contributed by atoms with Gasteiger partial charge >= 0.3 is 6.09 Å². The van der Waals surface area contributed by atoms with E-state index in [1.165, 1.54) is 4.68 Å². The molecule has 27 heavy (non-hydrogen) atoms. The zero-order chi connectivity index (χ0) is 19.0. The van der Waals surface area contributed by atoms with E-state index in [1.807, 2.05) is 12.1 Å². The molecule has 4 rings (SSSR count). The number of piperazine rings is 1. The first-order chi connectivity index (χ1) is 13.1. The van der Waals surface area contributed by atoms with Gasteiger partial charge in [0.2, 0.25) is 5.95 Å². The number of hydrogen-bond donors (Lipinski definition) is 1. The molecule has 3 aromatic rings. The lowest BCUT2D eigenvalue weighted by Crippen LogP contribution is -2.49. The number of aromatic amines is 1. The van der Waals surface area contributed by atoms with Crippen molar-refractivity contribution >= 4 is 22.8 Å². The van der Waals surface area contributed by atoms with Crippen LogP contribution in [0.25, 0.3) is 22.3 Å². The fourth-order valence-corrected chi connectivity index (χ4v) is 3.42.